The smallest absolute Gasteiger partial charge is 0.310 e. The van der Waals surface area contributed by atoms with Gasteiger partial charge in [0, 0.05) is 17.2 Å². The predicted molar refractivity (Wildman–Crippen MR) is 80.2 cm³/mol. The number of hydrogen-bond donors (Lipinski definition) is 0. The van der Waals surface area contributed by atoms with E-state index in [1.807, 2.05) is 12.2 Å². The van der Waals surface area contributed by atoms with Crippen molar-refractivity contribution < 1.29 is 19.0 Å². The normalized spacial score (nSPS) is 15.9. The largest absolute Gasteiger partial charge is 0.504 e. The van der Waals surface area contributed by atoms with Crippen molar-refractivity contribution in [3.63, 3.8) is 0 Å². The van der Waals surface area contributed by atoms with Crippen LogP contribution in [0.2, 0.25) is 5.15 Å². The number of allylic oxidation sites excluding steroid dienone is 3. The minimum atomic E-state index is -0.361. The number of carbonyl (C=O) groups excluding carboxylic acids is 1. The van der Waals surface area contributed by atoms with Crippen LogP contribution in [-0.4, -0.2) is 30.2 Å². The Morgan fingerprint density at radius 2 is 2.23 bits per heavy atom. The summed E-state index contributed by atoms with van der Waals surface area (Å²) in [5.41, 5.74) is 1.47. The minimum absolute atomic E-state index is 0.0855. The number of hydrogen-bond acceptors (Lipinski definition) is 6. The van der Waals surface area contributed by atoms with Crippen molar-refractivity contribution in [1.29, 1.82) is 0 Å². The molecule has 2 rings (SSSR count). The molecule has 0 amide bonds. The second-order valence-electron chi connectivity index (χ2n) is 4.37. The van der Waals surface area contributed by atoms with E-state index in [-0.39, 0.29) is 23.4 Å². The fourth-order valence-electron chi connectivity index (χ4n) is 1.92. The van der Waals surface area contributed by atoms with Crippen LogP contribution in [0.15, 0.2) is 47.7 Å². The molecule has 6 nitrogen and oxygen atoms in total. The van der Waals surface area contributed by atoms with Gasteiger partial charge >= 0.3 is 5.97 Å². The summed E-state index contributed by atoms with van der Waals surface area (Å²) in [6.07, 6.45) is 7.31. The van der Waals surface area contributed by atoms with E-state index in [9.17, 15) is 4.79 Å². The van der Waals surface area contributed by atoms with Crippen LogP contribution >= 0.6 is 11.6 Å². The molecule has 0 N–H and O–H groups in total. The molecule has 22 heavy (non-hydrogen) atoms. The van der Waals surface area contributed by atoms with Crippen molar-refractivity contribution in [2.75, 3.05) is 14.2 Å². The van der Waals surface area contributed by atoms with E-state index in [0.29, 0.717) is 17.8 Å². The van der Waals surface area contributed by atoms with Gasteiger partial charge in [-0.3, -0.25) is 4.79 Å². The molecule has 0 unspecified atom stereocenters. The molecule has 1 aliphatic rings. The zero-order valence-corrected chi connectivity index (χ0v) is 13.0. The molecular weight excluding hydrogens is 308 g/mol. The number of ether oxygens (including phenoxy) is 3. The summed E-state index contributed by atoms with van der Waals surface area (Å²) in [5.74, 6) is 0.430. The maximum Gasteiger partial charge on any atom is 0.310 e. The summed E-state index contributed by atoms with van der Waals surface area (Å²) < 4.78 is 15.6. The van der Waals surface area contributed by atoms with Crippen molar-refractivity contribution in [1.82, 2.24) is 9.97 Å². The van der Waals surface area contributed by atoms with Gasteiger partial charge < -0.3 is 14.2 Å². The Bertz CT molecular complexity index is 653. The Labute approximate surface area is 133 Å². The number of rotatable bonds is 5. The molecule has 0 saturated heterocycles. The summed E-state index contributed by atoms with van der Waals surface area (Å²) in [5, 5.41) is 0.267. The van der Waals surface area contributed by atoms with Crippen molar-refractivity contribution in [3.05, 3.63) is 52.9 Å². The molecule has 0 saturated carbocycles. The summed E-state index contributed by atoms with van der Waals surface area (Å²) in [6, 6.07) is 1.49. The molecule has 1 aromatic heterocycles. The molecule has 0 aliphatic heterocycles. The summed E-state index contributed by atoms with van der Waals surface area (Å²) in [6.45, 7) is 0. The maximum absolute atomic E-state index is 11.6. The van der Waals surface area contributed by atoms with Crippen LogP contribution in [0.3, 0.4) is 0 Å². The summed E-state index contributed by atoms with van der Waals surface area (Å²) >= 11 is 5.83. The van der Waals surface area contributed by atoms with Gasteiger partial charge in [0.1, 0.15) is 17.2 Å². The Kier molecular flexibility index (Phi) is 5.55. The Morgan fingerprint density at radius 3 is 2.91 bits per heavy atom. The van der Waals surface area contributed by atoms with Crippen molar-refractivity contribution in [3.8, 4) is 5.88 Å². The highest BCUT2D eigenvalue weighted by molar-refractivity contribution is 6.29. The quantitative estimate of drug-likeness (QED) is 0.471. The third kappa shape index (κ3) is 4.08. The van der Waals surface area contributed by atoms with Gasteiger partial charge in [0.15, 0.2) is 0 Å². The van der Waals surface area contributed by atoms with E-state index in [4.69, 9.17) is 25.8 Å². The number of halogens is 1. The highest BCUT2D eigenvalue weighted by Gasteiger charge is 2.20. The monoisotopic (exact) mass is 322 g/mol. The second kappa shape index (κ2) is 7.61. The van der Waals surface area contributed by atoms with Crippen LogP contribution in [0.4, 0.5) is 0 Å². The molecular formula is C15H15ClN2O4. The Hall–Kier alpha value is -2.34. The van der Waals surface area contributed by atoms with Gasteiger partial charge in [0.2, 0.25) is 5.88 Å². The first-order valence-electron chi connectivity index (χ1n) is 6.48. The molecule has 1 heterocycles. The minimum Gasteiger partial charge on any atom is -0.504 e. The first-order valence-corrected chi connectivity index (χ1v) is 6.86. The topological polar surface area (TPSA) is 70.5 Å². The number of methoxy groups -OCH3 is 2. The third-order valence-electron chi connectivity index (χ3n) is 2.88. The van der Waals surface area contributed by atoms with Gasteiger partial charge in [-0.1, -0.05) is 23.8 Å². The molecule has 0 bridgehead atoms. The molecule has 1 aromatic rings. The summed E-state index contributed by atoms with van der Waals surface area (Å²) in [7, 11) is 2.89. The third-order valence-corrected chi connectivity index (χ3v) is 3.08. The SMILES string of the molecule is CO/C=C1\CC=CC(CC(=O)OC)=C1Oc1cc(Cl)ncn1. The molecule has 7 heteroatoms. The van der Waals surface area contributed by atoms with Crippen LogP contribution < -0.4 is 4.74 Å². The number of carbonyl (C=O) groups is 1. The fourth-order valence-corrected chi connectivity index (χ4v) is 2.06. The maximum atomic E-state index is 11.6. The highest BCUT2D eigenvalue weighted by Crippen LogP contribution is 2.29. The Balaban J connectivity index is 2.37. The van der Waals surface area contributed by atoms with Crippen LogP contribution in [0.25, 0.3) is 0 Å². The van der Waals surface area contributed by atoms with Gasteiger partial charge in [-0.25, -0.2) is 9.97 Å². The molecule has 0 aromatic carbocycles. The summed E-state index contributed by atoms with van der Waals surface area (Å²) in [4.78, 5) is 19.4. The van der Waals surface area contributed by atoms with Crippen molar-refractivity contribution in [2.24, 2.45) is 0 Å². The van der Waals surface area contributed by atoms with Gasteiger partial charge in [0.05, 0.1) is 26.9 Å². The van der Waals surface area contributed by atoms with E-state index in [2.05, 4.69) is 9.97 Å². The lowest BCUT2D eigenvalue weighted by Crippen LogP contribution is -2.11. The first-order chi connectivity index (χ1) is 10.6. The van der Waals surface area contributed by atoms with Crippen LogP contribution in [0, 0.1) is 0 Å². The number of aromatic nitrogens is 2. The lowest BCUT2D eigenvalue weighted by atomic mass is 9.98. The van der Waals surface area contributed by atoms with E-state index >= 15 is 0 Å². The average Bonchev–Trinajstić information content (AvgIpc) is 2.50. The lowest BCUT2D eigenvalue weighted by molar-refractivity contribution is -0.139. The second-order valence-corrected chi connectivity index (χ2v) is 4.76. The molecule has 0 spiro atoms. The van der Waals surface area contributed by atoms with Crippen LogP contribution in [-0.2, 0) is 14.3 Å². The molecule has 0 fully saturated rings. The molecule has 0 radical (unpaired) electrons. The molecule has 116 valence electrons. The Morgan fingerprint density at radius 1 is 1.41 bits per heavy atom. The van der Waals surface area contributed by atoms with E-state index in [1.54, 1.807) is 13.4 Å². The number of nitrogens with zero attached hydrogens (tertiary/aromatic N) is 2. The standard InChI is InChI=1S/C15H15ClN2O4/c1-20-8-11-5-3-4-10(6-14(19)21-2)15(11)22-13-7-12(16)17-9-18-13/h3-4,7-9H,5-6H2,1-2H3/b11-8+. The lowest BCUT2D eigenvalue weighted by Gasteiger charge is -2.18. The van der Waals surface area contributed by atoms with E-state index in [1.165, 1.54) is 19.5 Å². The van der Waals surface area contributed by atoms with Gasteiger partial charge in [-0.2, -0.15) is 0 Å². The predicted octanol–water partition coefficient (Wildman–Crippen LogP) is 2.82. The highest BCUT2D eigenvalue weighted by atomic mass is 35.5. The van der Waals surface area contributed by atoms with Crippen LogP contribution in [0.5, 0.6) is 5.88 Å². The van der Waals surface area contributed by atoms with Gasteiger partial charge in [0.25, 0.3) is 0 Å². The molecule has 0 atom stereocenters. The number of esters is 1. The van der Waals surface area contributed by atoms with E-state index in [0.717, 1.165) is 5.57 Å². The van der Waals surface area contributed by atoms with Gasteiger partial charge in [-0.05, 0) is 6.42 Å². The zero-order valence-electron chi connectivity index (χ0n) is 12.2. The van der Waals surface area contributed by atoms with Crippen molar-refractivity contribution in [2.45, 2.75) is 12.8 Å². The fraction of sp³-hybridized carbons (Fsp3) is 0.267. The van der Waals surface area contributed by atoms with Crippen LogP contribution in [0.1, 0.15) is 12.8 Å². The first kappa shape index (κ1) is 16.0. The van der Waals surface area contributed by atoms with Gasteiger partial charge in [-0.15, -0.1) is 0 Å². The molecule has 1 aliphatic carbocycles. The van der Waals surface area contributed by atoms with Crippen molar-refractivity contribution >= 4 is 17.6 Å². The zero-order chi connectivity index (χ0) is 15.9. The van der Waals surface area contributed by atoms with E-state index < -0.39 is 0 Å². The average molecular weight is 323 g/mol.